The molecule has 1 aliphatic rings. The van der Waals surface area contributed by atoms with Crippen LogP contribution in [0.3, 0.4) is 0 Å². The number of ketones is 1. The van der Waals surface area contributed by atoms with E-state index in [-0.39, 0.29) is 36.2 Å². The van der Waals surface area contributed by atoms with E-state index in [1.807, 2.05) is 56.3 Å². The van der Waals surface area contributed by atoms with Crippen molar-refractivity contribution in [3.8, 4) is 11.1 Å². The summed E-state index contributed by atoms with van der Waals surface area (Å²) in [6.07, 6.45) is 0.0953. The van der Waals surface area contributed by atoms with Gasteiger partial charge in [-0.3, -0.25) is 14.4 Å². The number of amides is 2. The van der Waals surface area contributed by atoms with Crippen LogP contribution in [0.1, 0.15) is 37.6 Å². The van der Waals surface area contributed by atoms with Crippen LogP contribution in [0, 0.1) is 5.92 Å². The lowest BCUT2D eigenvalue weighted by Gasteiger charge is -2.23. The molecule has 3 atom stereocenters. The van der Waals surface area contributed by atoms with Crippen LogP contribution < -0.4 is 10.6 Å². The lowest BCUT2D eigenvalue weighted by atomic mass is 10.0. The molecule has 0 radical (unpaired) electrons. The quantitative estimate of drug-likeness (QED) is 0.738. The lowest BCUT2D eigenvalue weighted by molar-refractivity contribution is -0.127. The summed E-state index contributed by atoms with van der Waals surface area (Å²) in [6.45, 7) is 5.71. The maximum Gasteiger partial charge on any atom is 0.251 e. The Bertz CT molecular complexity index is 893. The first-order chi connectivity index (χ1) is 14.3. The molecule has 2 amide bonds. The van der Waals surface area contributed by atoms with Crippen molar-refractivity contribution < 1.29 is 19.1 Å². The van der Waals surface area contributed by atoms with Gasteiger partial charge in [-0.15, -0.1) is 0 Å². The van der Waals surface area contributed by atoms with Crippen LogP contribution >= 0.6 is 0 Å². The molecule has 0 aliphatic carbocycles. The molecular weight excluding hydrogens is 380 g/mol. The number of hydrogen-bond donors (Lipinski definition) is 2. The Balaban J connectivity index is 1.68. The fraction of sp³-hybridized carbons (Fsp3) is 0.375. The minimum Gasteiger partial charge on any atom is -0.368 e. The highest BCUT2D eigenvalue weighted by Crippen LogP contribution is 2.19. The lowest BCUT2D eigenvalue weighted by Crippen LogP contribution is -2.53. The van der Waals surface area contributed by atoms with Crippen molar-refractivity contribution in [2.75, 3.05) is 6.61 Å². The van der Waals surface area contributed by atoms with Crippen LogP contribution in [0.5, 0.6) is 0 Å². The zero-order chi connectivity index (χ0) is 21.7. The van der Waals surface area contributed by atoms with Gasteiger partial charge in [0.2, 0.25) is 5.91 Å². The van der Waals surface area contributed by atoms with E-state index < -0.39 is 12.1 Å². The Hall–Kier alpha value is -2.99. The summed E-state index contributed by atoms with van der Waals surface area (Å²) in [4.78, 5) is 37.5. The van der Waals surface area contributed by atoms with Crippen molar-refractivity contribution in [1.82, 2.24) is 10.6 Å². The largest absolute Gasteiger partial charge is 0.368 e. The predicted octanol–water partition coefficient (Wildman–Crippen LogP) is 2.97. The van der Waals surface area contributed by atoms with E-state index in [1.54, 1.807) is 19.1 Å². The van der Waals surface area contributed by atoms with Gasteiger partial charge in [0, 0.05) is 5.56 Å². The Morgan fingerprint density at radius 3 is 2.23 bits per heavy atom. The molecule has 0 unspecified atom stereocenters. The normalized spacial score (nSPS) is 19.5. The number of Topliss-reactive ketones (excluding diaryl/α,β-unsaturated/α-hetero) is 1. The molecule has 1 fully saturated rings. The van der Waals surface area contributed by atoms with Crippen LogP contribution in [0.25, 0.3) is 11.1 Å². The van der Waals surface area contributed by atoms with Crippen LogP contribution in [0.2, 0.25) is 0 Å². The molecule has 158 valence electrons. The number of ether oxygens (including phenoxy) is 1. The highest BCUT2D eigenvalue weighted by molar-refractivity contribution is 5.99. The zero-order valence-electron chi connectivity index (χ0n) is 17.6. The molecule has 2 aromatic rings. The second kappa shape index (κ2) is 9.67. The van der Waals surface area contributed by atoms with Crippen LogP contribution in [0.4, 0.5) is 0 Å². The molecule has 2 aromatic carbocycles. The molecule has 0 aromatic heterocycles. The number of nitrogens with one attached hydrogen (secondary N) is 2. The molecule has 6 nitrogen and oxygen atoms in total. The standard InChI is InChI=1S/C24H28N2O4/c1-15(2)13-20(24(29)26-22-16(3)30-14-21(22)27)25-23(28)19-11-9-18(10-12-19)17-7-5-4-6-8-17/h4-12,15-16,20,22H,13-14H2,1-3H3,(H,25,28)(H,26,29)/t16-,20+,22+/m1/s1. The van der Waals surface area contributed by atoms with E-state index in [0.717, 1.165) is 11.1 Å². The fourth-order valence-corrected chi connectivity index (χ4v) is 3.50. The van der Waals surface area contributed by atoms with Gasteiger partial charge in [0.15, 0.2) is 5.78 Å². The minimum absolute atomic E-state index is 0.00107. The summed E-state index contributed by atoms with van der Waals surface area (Å²) in [5.41, 5.74) is 2.56. The third kappa shape index (κ3) is 5.33. The van der Waals surface area contributed by atoms with Crippen LogP contribution in [-0.2, 0) is 14.3 Å². The summed E-state index contributed by atoms with van der Waals surface area (Å²) < 4.78 is 5.29. The van der Waals surface area contributed by atoms with Gasteiger partial charge >= 0.3 is 0 Å². The van der Waals surface area contributed by atoms with Gasteiger partial charge in [-0.1, -0.05) is 56.3 Å². The maximum atomic E-state index is 12.8. The number of carbonyl (C=O) groups is 3. The third-order valence-electron chi connectivity index (χ3n) is 5.19. The predicted molar refractivity (Wildman–Crippen MR) is 115 cm³/mol. The van der Waals surface area contributed by atoms with Crippen molar-refractivity contribution in [2.24, 2.45) is 5.92 Å². The monoisotopic (exact) mass is 408 g/mol. The molecule has 3 rings (SSSR count). The first kappa shape index (κ1) is 21.7. The van der Waals surface area contributed by atoms with Crippen molar-refractivity contribution in [3.05, 3.63) is 60.2 Å². The van der Waals surface area contributed by atoms with Gasteiger partial charge in [-0.05, 0) is 42.5 Å². The Morgan fingerprint density at radius 2 is 1.67 bits per heavy atom. The van der Waals surface area contributed by atoms with Crippen molar-refractivity contribution in [1.29, 1.82) is 0 Å². The van der Waals surface area contributed by atoms with Gasteiger partial charge in [-0.25, -0.2) is 0 Å². The van der Waals surface area contributed by atoms with Gasteiger partial charge in [-0.2, -0.15) is 0 Å². The van der Waals surface area contributed by atoms with E-state index in [0.29, 0.717) is 12.0 Å². The Kier molecular flexibility index (Phi) is 7.00. The van der Waals surface area contributed by atoms with Crippen LogP contribution in [-0.4, -0.2) is 42.4 Å². The van der Waals surface area contributed by atoms with Gasteiger partial charge in [0.1, 0.15) is 18.7 Å². The summed E-state index contributed by atoms with van der Waals surface area (Å²) in [6, 6.07) is 15.8. The van der Waals surface area contributed by atoms with E-state index in [4.69, 9.17) is 4.74 Å². The SMILES string of the molecule is CC(C)C[C@H](NC(=O)c1ccc(-c2ccccc2)cc1)C(=O)N[C@@H]1C(=O)CO[C@@H]1C. The summed E-state index contributed by atoms with van der Waals surface area (Å²) in [5.74, 6) is -0.650. The highest BCUT2D eigenvalue weighted by atomic mass is 16.5. The topological polar surface area (TPSA) is 84.5 Å². The third-order valence-corrected chi connectivity index (χ3v) is 5.19. The maximum absolute atomic E-state index is 12.8. The summed E-state index contributed by atoms with van der Waals surface area (Å²) in [5, 5.41) is 5.57. The summed E-state index contributed by atoms with van der Waals surface area (Å²) in [7, 11) is 0. The van der Waals surface area contributed by atoms with Crippen molar-refractivity contribution >= 4 is 17.6 Å². The molecular formula is C24H28N2O4. The fourth-order valence-electron chi connectivity index (χ4n) is 3.50. The molecule has 0 saturated carbocycles. The first-order valence-electron chi connectivity index (χ1n) is 10.3. The first-order valence-corrected chi connectivity index (χ1v) is 10.3. The van der Waals surface area contributed by atoms with Gasteiger partial charge in [0.05, 0.1) is 6.10 Å². The van der Waals surface area contributed by atoms with Crippen LogP contribution in [0.15, 0.2) is 54.6 Å². The molecule has 1 aliphatic heterocycles. The number of rotatable bonds is 7. The molecule has 0 spiro atoms. The Labute approximate surface area is 177 Å². The molecule has 30 heavy (non-hydrogen) atoms. The van der Waals surface area contributed by atoms with Gasteiger partial charge < -0.3 is 15.4 Å². The second-order valence-electron chi connectivity index (χ2n) is 8.07. The summed E-state index contributed by atoms with van der Waals surface area (Å²) >= 11 is 0. The minimum atomic E-state index is -0.730. The van der Waals surface area contributed by atoms with E-state index in [9.17, 15) is 14.4 Å². The van der Waals surface area contributed by atoms with E-state index >= 15 is 0 Å². The number of benzene rings is 2. The molecule has 6 heteroatoms. The average molecular weight is 408 g/mol. The second-order valence-corrected chi connectivity index (χ2v) is 8.07. The van der Waals surface area contributed by atoms with Gasteiger partial charge in [0.25, 0.3) is 5.91 Å². The van der Waals surface area contributed by atoms with Crippen molar-refractivity contribution in [2.45, 2.75) is 45.4 Å². The van der Waals surface area contributed by atoms with E-state index in [1.165, 1.54) is 0 Å². The Morgan fingerprint density at radius 1 is 1.03 bits per heavy atom. The highest BCUT2D eigenvalue weighted by Gasteiger charge is 2.35. The average Bonchev–Trinajstić information content (AvgIpc) is 3.05. The zero-order valence-corrected chi connectivity index (χ0v) is 17.6. The smallest absolute Gasteiger partial charge is 0.251 e. The van der Waals surface area contributed by atoms with E-state index in [2.05, 4.69) is 10.6 Å². The number of hydrogen-bond acceptors (Lipinski definition) is 4. The molecule has 1 heterocycles. The molecule has 2 N–H and O–H groups in total. The molecule has 1 saturated heterocycles. The molecule has 0 bridgehead atoms. The van der Waals surface area contributed by atoms with Crippen molar-refractivity contribution in [3.63, 3.8) is 0 Å². The number of carbonyl (C=O) groups excluding carboxylic acids is 3.